The molecule has 2 aliphatic rings. The van der Waals surface area contributed by atoms with Crippen molar-refractivity contribution in [2.24, 2.45) is 0 Å². The van der Waals surface area contributed by atoms with Crippen molar-refractivity contribution in [1.82, 2.24) is 15.5 Å². The van der Waals surface area contributed by atoms with Gasteiger partial charge >= 0.3 is 6.03 Å². The third-order valence-electron chi connectivity index (χ3n) is 4.61. The van der Waals surface area contributed by atoms with Crippen LogP contribution in [0.4, 0.5) is 10.5 Å². The Morgan fingerprint density at radius 2 is 1.76 bits per heavy atom. The van der Waals surface area contributed by atoms with Crippen LogP contribution in [0.1, 0.15) is 42.5 Å². The molecule has 1 aliphatic heterocycles. The van der Waals surface area contributed by atoms with E-state index in [1.807, 2.05) is 0 Å². The molecule has 1 aromatic rings. The van der Waals surface area contributed by atoms with Gasteiger partial charge in [0.15, 0.2) is 0 Å². The van der Waals surface area contributed by atoms with Gasteiger partial charge in [-0.3, -0.25) is 9.59 Å². The van der Waals surface area contributed by atoms with Gasteiger partial charge < -0.3 is 20.9 Å². The van der Waals surface area contributed by atoms with Crippen molar-refractivity contribution in [3.8, 4) is 0 Å². The fraction of sp³-hybridized carbons (Fsp3) is 0.500. The molecule has 1 aromatic carbocycles. The van der Waals surface area contributed by atoms with Gasteiger partial charge in [0.1, 0.15) is 6.04 Å². The molecule has 0 unspecified atom stereocenters. The third-order valence-corrected chi connectivity index (χ3v) is 4.61. The Labute approximate surface area is 147 Å². The van der Waals surface area contributed by atoms with Crippen LogP contribution in [-0.2, 0) is 4.79 Å². The van der Waals surface area contributed by atoms with Gasteiger partial charge in [0.25, 0.3) is 5.91 Å². The van der Waals surface area contributed by atoms with Crippen LogP contribution < -0.4 is 16.0 Å². The van der Waals surface area contributed by atoms with E-state index >= 15 is 0 Å². The van der Waals surface area contributed by atoms with Gasteiger partial charge in [-0.05, 0) is 56.4 Å². The molecular weight excluding hydrogens is 320 g/mol. The van der Waals surface area contributed by atoms with Crippen molar-refractivity contribution in [3.05, 3.63) is 29.8 Å². The second kappa shape index (κ2) is 7.55. The lowest BCUT2D eigenvalue weighted by molar-refractivity contribution is -0.126. The highest BCUT2D eigenvalue weighted by Gasteiger charge is 2.32. The summed E-state index contributed by atoms with van der Waals surface area (Å²) in [6.45, 7) is 0.584. The molecule has 1 saturated heterocycles. The predicted octanol–water partition coefficient (Wildman–Crippen LogP) is 1.71. The molecule has 1 aliphatic carbocycles. The van der Waals surface area contributed by atoms with Crippen molar-refractivity contribution >= 4 is 23.5 Å². The first-order valence-electron chi connectivity index (χ1n) is 8.78. The van der Waals surface area contributed by atoms with Crippen LogP contribution in [0.25, 0.3) is 0 Å². The van der Waals surface area contributed by atoms with E-state index < -0.39 is 6.04 Å². The number of urea groups is 1. The van der Waals surface area contributed by atoms with Crippen LogP contribution >= 0.6 is 0 Å². The molecule has 1 atom stereocenters. The Hall–Kier alpha value is -2.57. The first-order valence-corrected chi connectivity index (χ1v) is 8.78. The quantitative estimate of drug-likeness (QED) is 0.777. The number of anilines is 1. The minimum atomic E-state index is -0.409. The first-order chi connectivity index (χ1) is 12.1. The summed E-state index contributed by atoms with van der Waals surface area (Å²) in [4.78, 5) is 38.2. The van der Waals surface area contributed by atoms with Gasteiger partial charge in [-0.25, -0.2) is 4.79 Å². The molecule has 2 fully saturated rings. The summed E-state index contributed by atoms with van der Waals surface area (Å²) in [5.74, 6) is -0.273. The van der Waals surface area contributed by atoms with Crippen molar-refractivity contribution in [1.29, 1.82) is 0 Å². The Kier molecular flexibility index (Phi) is 5.21. The van der Waals surface area contributed by atoms with E-state index in [0.29, 0.717) is 30.3 Å². The lowest BCUT2D eigenvalue weighted by atomic mass is 10.00. The Morgan fingerprint density at radius 1 is 1.04 bits per heavy atom. The van der Waals surface area contributed by atoms with Crippen molar-refractivity contribution in [2.75, 3.05) is 18.9 Å². The molecule has 134 valence electrons. The monoisotopic (exact) mass is 344 g/mol. The number of piperidine rings is 1. The van der Waals surface area contributed by atoms with Gasteiger partial charge in [0.2, 0.25) is 5.91 Å². The highest BCUT2D eigenvalue weighted by Crippen LogP contribution is 2.21. The number of likely N-dealkylation sites (tertiary alicyclic amines) is 1. The summed E-state index contributed by atoms with van der Waals surface area (Å²) in [7, 11) is 1.59. The van der Waals surface area contributed by atoms with Crippen molar-refractivity contribution in [2.45, 2.75) is 44.2 Å². The standard InChI is InChI=1S/C18H24N4O3/c1-19-16(23)15-4-2-3-11-22(15)17(24)12-5-7-13(8-6-12)20-18(25)21-14-9-10-14/h5-8,14-15H,2-4,9-11H2,1H3,(H,19,23)(H2,20,21,25)/t15-/m1/s1. The summed E-state index contributed by atoms with van der Waals surface area (Å²) in [6.07, 6.45) is 4.60. The van der Waals surface area contributed by atoms with Gasteiger partial charge in [0.05, 0.1) is 0 Å². The van der Waals surface area contributed by atoms with Crippen LogP contribution in [0.15, 0.2) is 24.3 Å². The maximum Gasteiger partial charge on any atom is 0.319 e. The zero-order valence-corrected chi connectivity index (χ0v) is 14.4. The molecule has 0 bridgehead atoms. The van der Waals surface area contributed by atoms with E-state index in [9.17, 15) is 14.4 Å². The minimum Gasteiger partial charge on any atom is -0.357 e. The number of carbonyl (C=O) groups is 3. The Bertz CT molecular complexity index is 655. The number of benzene rings is 1. The average Bonchev–Trinajstić information content (AvgIpc) is 3.45. The third kappa shape index (κ3) is 4.29. The number of likely N-dealkylation sites (N-methyl/N-ethyl adjacent to an activating group) is 1. The van der Waals surface area contributed by atoms with Gasteiger partial charge in [-0.1, -0.05) is 0 Å². The van der Waals surface area contributed by atoms with E-state index in [0.717, 1.165) is 25.7 Å². The van der Waals surface area contributed by atoms with E-state index in [1.54, 1.807) is 36.2 Å². The molecule has 1 saturated carbocycles. The molecule has 3 rings (SSSR count). The smallest absolute Gasteiger partial charge is 0.319 e. The molecule has 0 aromatic heterocycles. The predicted molar refractivity (Wildman–Crippen MR) is 94.4 cm³/mol. The molecule has 3 N–H and O–H groups in total. The van der Waals surface area contributed by atoms with Crippen LogP contribution in [0.2, 0.25) is 0 Å². The summed E-state index contributed by atoms with van der Waals surface area (Å²) in [5, 5.41) is 8.24. The average molecular weight is 344 g/mol. The van der Waals surface area contributed by atoms with E-state index in [2.05, 4.69) is 16.0 Å². The fourth-order valence-electron chi connectivity index (χ4n) is 3.06. The van der Waals surface area contributed by atoms with Gasteiger partial charge in [-0.15, -0.1) is 0 Å². The van der Waals surface area contributed by atoms with Gasteiger partial charge in [-0.2, -0.15) is 0 Å². The van der Waals surface area contributed by atoms with E-state index in [-0.39, 0.29) is 17.8 Å². The molecule has 7 heteroatoms. The lowest BCUT2D eigenvalue weighted by Gasteiger charge is -2.34. The highest BCUT2D eigenvalue weighted by atomic mass is 16.2. The van der Waals surface area contributed by atoms with Crippen LogP contribution in [0.3, 0.4) is 0 Å². The number of hydrogen-bond donors (Lipinski definition) is 3. The van der Waals surface area contributed by atoms with Crippen LogP contribution in [0.5, 0.6) is 0 Å². The van der Waals surface area contributed by atoms with Crippen LogP contribution in [0, 0.1) is 0 Å². The normalized spacial score (nSPS) is 19.9. The summed E-state index contributed by atoms with van der Waals surface area (Å²) in [6, 6.07) is 6.44. The maximum absolute atomic E-state index is 12.8. The summed E-state index contributed by atoms with van der Waals surface area (Å²) >= 11 is 0. The SMILES string of the molecule is CNC(=O)[C@H]1CCCCN1C(=O)c1ccc(NC(=O)NC2CC2)cc1. The molecule has 4 amide bonds. The van der Waals surface area contributed by atoms with Crippen LogP contribution in [-0.4, -0.2) is 48.4 Å². The number of amides is 4. The number of hydrogen-bond acceptors (Lipinski definition) is 3. The van der Waals surface area contributed by atoms with E-state index in [1.165, 1.54) is 0 Å². The number of nitrogens with zero attached hydrogens (tertiary/aromatic N) is 1. The largest absolute Gasteiger partial charge is 0.357 e. The fourth-order valence-corrected chi connectivity index (χ4v) is 3.06. The number of nitrogens with one attached hydrogen (secondary N) is 3. The lowest BCUT2D eigenvalue weighted by Crippen LogP contribution is -2.51. The molecule has 1 heterocycles. The first kappa shape index (κ1) is 17.3. The number of rotatable bonds is 4. The molecule has 0 spiro atoms. The molecular formula is C18H24N4O3. The maximum atomic E-state index is 12.8. The second-order valence-electron chi connectivity index (χ2n) is 6.57. The van der Waals surface area contributed by atoms with Crippen molar-refractivity contribution < 1.29 is 14.4 Å². The molecule has 0 radical (unpaired) electrons. The number of carbonyl (C=O) groups excluding carboxylic acids is 3. The minimum absolute atomic E-state index is 0.122. The van der Waals surface area contributed by atoms with Crippen molar-refractivity contribution in [3.63, 3.8) is 0 Å². The highest BCUT2D eigenvalue weighted by molar-refractivity contribution is 5.98. The van der Waals surface area contributed by atoms with Gasteiger partial charge in [0, 0.05) is 30.9 Å². The zero-order valence-electron chi connectivity index (χ0n) is 14.4. The molecule has 25 heavy (non-hydrogen) atoms. The van der Waals surface area contributed by atoms with E-state index in [4.69, 9.17) is 0 Å². The summed E-state index contributed by atoms with van der Waals surface area (Å²) < 4.78 is 0. The second-order valence-corrected chi connectivity index (χ2v) is 6.57. The Morgan fingerprint density at radius 3 is 2.40 bits per heavy atom. The molecule has 7 nitrogen and oxygen atoms in total. The Balaban J connectivity index is 1.64. The topological polar surface area (TPSA) is 90.5 Å². The zero-order chi connectivity index (χ0) is 17.8. The summed E-state index contributed by atoms with van der Waals surface area (Å²) in [5.41, 5.74) is 1.15.